The summed E-state index contributed by atoms with van der Waals surface area (Å²) in [5, 5.41) is 0. The fraction of sp³-hybridized carbons (Fsp3) is 1.00. The molecular weight excluding hydrogens is 198 g/mol. The lowest BCUT2D eigenvalue weighted by atomic mass is 9.73. The molecule has 2 heteroatoms. The van der Waals surface area contributed by atoms with Gasteiger partial charge in [0.25, 0.3) is 0 Å². The molecule has 0 heterocycles. The average Bonchev–Trinajstić information content (AvgIpc) is 2.22. The van der Waals surface area contributed by atoms with Crippen LogP contribution in [-0.4, -0.2) is 19.3 Å². The first kappa shape index (κ1) is 14.0. The zero-order chi connectivity index (χ0) is 12.0. The molecule has 0 saturated heterocycles. The van der Waals surface area contributed by atoms with Crippen LogP contribution in [0.3, 0.4) is 0 Å². The lowest BCUT2D eigenvalue weighted by Crippen LogP contribution is -2.35. The summed E-state index contributed by atoms with van der Waals surface area (Å²) in [5.74, 6) is 2.48. The van der Waals surface area contributed by atoms with Crippen molar-refractivity contribution in [2.45, 2.75) is 58.9 Å². The summed E-state index contributed by atoms with van der Waals surface area (Å²) < 4.78 is 5.36. The molecule has 0 bridgehead atoms. The van der Waals surface area contributed by atoms with Crippen LogP contribution >= 0.6 is 0 Å². The largest absolute Gasteiger partial charge is 0.382 e. The fourth-order valence-corrected chi connectivity index (χ4v) is 3.16. The van der Waals surface area contributed by atoms with E-state index in [-0.39, 0.29) is 0 Å². The monoisotopic (exact) mass is 227 g/mol. The van der Waals surface area contributed by atoms with Crippen molar-refractivity contribution in [2.24, 2.45) is 23.5 Å². The zero-order valence-corrected chi connectivity index (χ0v) is 11.2. The highest BCUT2D eigenvalue weighted by Crippen LogP contribution is 2.34. The molecule has 0 aromatic carbocycles. The van der Waals surface area contributed by atoms with Crippen molar-refractivity contribution in [3.05, 3.63) is 0 Å². The number of hydrogen-bond acceptors (Lipinski definition) is 2. The summed E-state index contributed by atoms with van der Waals surface area (Å²) in [6.07, 6.45) is 6.31. The average molecular weight is 227 g/mol. The molecule has 0 radical (unpaired) electrons. The van der Waals surface area contributed by atoms with E-state index in [0.29, 0.717) is 6.04 Å². The van der Waals surface area contributed by atoms with Gasteiger partial charge in [0.1, 0.15) is 0 Å². The molecule has 0 aromatic heterocycles. The van der Waals surface area contributed by atoms with Gasteiger partial charge in [0.2, 0.25) is 0 Å². The van der Waals surface area contributed by atoms with Gasteiger partial charge < -0.3 is 10.5 Å². The summed E-state index contributed by atoms with van der Waals surface area (Å²) in [6, 6.07) is 0.394. The molecule has 1 rings (SSSR count). The Morgan fingerprint density at radius 3 is 2.38 bits per heavy atom. The van der Waals surface area contributed by atoms with Gasteiger partial charge in [-0.1, -0.05) is 13.8 Å². The van der Waals surface area contributed by atoms with Crippen LogP contribution in [0, 0.1) is 17.8 Å². The maximum absolute atomic E-state index is 6.30. The molecule has 0 amide bonds. The standard InChI is InChI=1S/C14H29NO/c1-4-16-7-5-6-14(15)13-9-11(2)8-12(3)10-13/h11-14H,4-10,15H2,1-3H3. The van der Waals surface area contributed by atoms with Gasteiger partial charge in [-0.3, -0.25) is 0 Å². The van der Waals surface area contributed by atoms with E-state index in [4.69, 9.17) is 10.5 Å². The van der Waals surface area contributed by atoms with Crippen molar-refractivity contribution in [1.82, 2.24) is 0 Å². The van der Waals surface area contributed by atoms with Crippen molar-refractivity contribution in [2.75, 3.05) is 13.2 Å². The van der Waals surface area contributed by atoms with Gasteiger partial charge in [0.15, 0.2) is 0 Å². The molecule has 16 heavy (non-hydrogen) atoms. The summed E-state index contributed by atoms with van der Waals surface area (Å²) >= 11 is 0. The molecule has 2 N–H and O–H groups in total. The van der Waals surface area contributed by atoms with Gasteiger partial charge in [-0.25, -0.2) is 0 Å². The van der Waals surface area contributed by atoms with E-state index < -0.39 is 0 Å². The van der Waals surface area contributed by atoms with Gasteiger partial charge in [-0.15, -0.1) is 0 Å². The Bertz CT molecular complexity index is 174. The van der Waals surface area contributed by atoms with Crippen molar-refractivity contribution in [3.63, 3.8) is 0 Å². The minimum atomic E-state index is 0.394. The summed E-state index contributed by atoms with van der Waals surface area (Å²) in [4.78, 5) is 0. The van der Waals surface area contributed by atoms with E-state index in [1.165, 1.54) is 19.3 Å². The van der Waals surface area contributed by atoms with Gasteiger partial charge in [-0.05, 0) is 56.8 Å². The molecule has 1 fully saturated rings. The van der Waals surface area contributed by atoms with Crippen LogP contribution in [0.2, 0.25) is 0 Å². The van der Waals surface area contributed by atoms with Gasteiger partial charge in [0.05, 0.1) is 0 Å². The number of ether oxygens (including phenoxy) is 1. The molecule has 1 aliphatic rings. The Morgan fingerprint density at radius 1 is 1.19 bits per heavy atom. The predicted molar refractivity (Wildman–Crippen MR) is 69.4 cm³/mol. The quantitative estimate of drug-likeness (QED) is 0.707. The second kappa shape index (κ2) is 7.29. The Hall–Kier alpha value is -0.0800. The van der Waals surface area contributed by atoms with Crippen LogP contribution in [0.1, 0.15) is 52.9 Å². The van der Waals surface area contributed by atoms with E-state index in [2.05, 4.69) is 13.8 Å². The smallest absolute Gasteiger partial charge is 0.0466 e. The molecule has 0 spiro atoms. The van der Waals surface area contributed by atoms with E-state index >= 15 is 0 Å². The number of hydrogen-bond donors (Lipinski definition) is 1. The van der Waals surface area contributed by atoms with E-state index in [0.717, 1.165) is 43.8 Å². The van der Waals surface area contributed by atoms with Crippen LogP contribution < -0.4 is 5.73 Å². The first-order chi connectivity index (χ1) is 7.63. The lowest BCUT2D eigenvalue weighted by Gasteiger charge is -2.35. The molecule has 1 aliphatic carbocycles. The Morgan fingerprint density at radius 2 is 1.81 bits per heavy atom. The van der Waals surface area contributed by atoms with Crippen molar-refractivity contribution >= 4 is 0 Å². The topological polar surface area (TPSA) is 35.2 Å². The van der Waals surface area contributed by atoms with Crippen LogP contribution in [0.5, 0.6) is 0 Å². The third-order valence-electron chi connectivity index (χ3n) is 3.85. The SMILES string of the molecule is CCOCCCC(N)C1CC(C)CC(C)C1. The van der Waals surface area contributed by atoms with Gasteiger partial charge in [-0.2, -0.15) is 0 Å². The van der Waals surface area contributed by atoms with Gasteiger partial charge >= 0.3 is 0 Å². The minimum absolute atomic E-state index is 0.394. The normalized spacial score (nSPS) is 32.6. The second-order valence-electron chi connectivity index (χ2n) is 5.68. The van der Waals surface area contributed by atoms with Crippen LogP contribution in [0.4, 0.5) is 0 Å². The third kappa shape index (κ3) is 4.84. The first-order valence-corrected chi connectivity index (χ1v) is 6.96. The molecular formula is C14H29NO. The zero-order valence-electron chi connectivity index (χ0n) is 11.2. The Labute approximate surface area is 101 Å². The van der Waals surface area contributed by atoms with E-state index in [1.807, 2.05) is 6.92 Å². The molecule has 0 aromatic rings. The molecule has 3 unspecified atom stereocenters. The maximum Gasteiger partial charge on any atom is 0.0466 e. The first-order valence-electron chi connectivity index (χ1n) is 6.96. The highest BCUT2D eigenvalue weighted by molar-refractivity contribution is 4.81. The maximum atomic E-state index is 6.30. The molecule has 0 aliphatic heterocycles. The summed E-state index contributed by atoms with van der Waals surface area (Å²) in [6.45, 7) is 8.49. The van der Waals surface area contributed by atoms with Crippen LogP contribution in [0.15, 0.2) is 0 Å². The Balaban J connectivity index is 2.21. The molecule has 3 atom stereocenters. The minimum Gasteiger partial charge on any atom is -0.382 e. The second-order valence-corrected chi connectivity index (χ2v) is 5.68. The molecule has 96 valence electrons. The van der Waals surface area contributed by atoms with E-state index in [1.54, 1.807) is 0 Å². The predicted octanol–water partition coefficient (Wildman–Crippen LogP) is 3.20. The highest BCUT2D eigenvalue weighted by Gasteiger charge is 2.27. The van der Waals surface area contributed by atoms with Crippen LogP contribution in [0.25, 0.3) is 0 Å². The highest BCUT2D eigenvalue weighted by atomic mass is 16.5. The van der Waals surface area contributed by atoms with E-state index in [9.17, 15) is 0 Å². The fourth-order valence-electron chi connectivity index (χ4n) is 3.16. The van der Waals surface area contributed by atoms with Crippen molar-refractivity contribution < 1.29 is 4.74 Å². The summed E-state index contributed by atoms with van der Waals surface area (Å²) in [5.41, 5.74) is 6.30. The Kier molecular flexibility index (Phi) is 6.37. The van der Waals surface area contributed by atoms with Crippen molar-refractivity contribution in [1.29, 1.82) is 0 Å². The molecule has 1 saturated carbocycles. The number of rotatable bonds is 6. The lowest BCUT2D eigenvalue weighted by molar-refractivity contribution is 0.133. The van der Waals surface area contributed by atoms with Crippen LogP contribution in [-0.2, 0) is 4.74 Å². The third-order valence-corrected chi connectivity index (χ3v) is 3.85. The van der Waals surface area contributed by atoms with Gasteiger partial charge in [0, 0.05) is 19.3 Å². The van der Waals surface area contributed by atoms with Crippen molar-refractivity contribution in [3.8, 4) is 0 Å². The summed E-state index contributed by atoms with van der Waals surface area (Å²) in [7, 11) is 0. The number of nitrogens with two attached hydrogens (primary N) is 1. The molecule has 2 nitrogen and oxygen atoms in total.